The second kappa shape index (κ2) is 10.8. The topological polar surface area (TPSA) is 80.3 Å². The number of para-hydroxylation sites is 1. The van der Waals surface area contributed by atoms with Crippen molar-refractivity contribution in [2.75, 3.05) is 6.54 Å². The van der Waals surface area contributed by atoms with E-state index < -0.39 is 0 Å². The van der Waals surface area contributed by atoms with Gasteiger partial charge in [-0.3, -0.25) is 0 Å². The molecule has 0 saturated heterocycles. The zero-order chi connectivity index (χ0) is 19.1. The number of aliphatic imine (C=N–C) groups is 1. The lowest BCUT2D eigenvalue weighted by Gasteiger charge is -2.09. The molecule has 1 aromatic carbocycles. The van der Waals surface area contributed by atoms with Crippen LogP contribution in [0.2, 0.25) is 0 Å². The molecule has 2 N–H and O–H groups in total. The van der Waals surface area contributed by atoms with Crippen molar-refractivity contribution < 1.29 is 4.52 Å². The zero-order valence-corrected chi connectivity index (χ0v) is 18.8. The Morgan fingerprint density at radius 1 is 1.21 bits per heavy atom. The van der Waals surface area contributed by atoms with Crippen molar-refractivity contribution in [1.29, 1.82) is 0 Å². The van der Waals surface area contributed by atoms with E-state index >= 15 is 0 Å². The highest BCUT2D eigenvalue weighted by atomic mass is 127. The fraction of sp³-hybridized carbons (Fsp3) is 0.350. The lowest BCUT2D eigenvalue weighted by molar-refractivity contribution is 0.372. The van der Waals surface area contributed by atoms with Gasteiger partial charge >= 0.3 is 0 Å². The maximum atomic E-state index is 5.36. The second-order valence-electron chi connectivity index (χ2n) is 6.55. The van der Waals surface area contributed by atoms with Gasteiger partial charge in [-0.2, -0.15) is 5.10 Å². The smallest absolute Gasteiger partial charge is 0.191 e. The van der Waals surface area contributed by atoms with E-state index in [1.807, 2.05) is 60.4 Å². The summed E-state index contributed by atoms with van der Waals surface area (Å²) in [7, 11) is 0. The van der Waals surface area contributed by atoms with E-state index in [0.29, 0.717) is 19.0 Å². The highest BCUT2D eigenvalue weighted by Crippen LogP contribution is 2.13. The van der Waals surface area contributed by atoms with E-state index in [-0.39, 0.29) is 24.0 Å². The van der Waals surface area contributed by atoms with Crippen molar-refractivity contribution in [1.82, 2.24) is 25.6 Å². The summed E-state index contributed by atoms with van der Waals surface area (Å²) < 4.78 is 7.22. The first-order valence-corrected chi connectivity index (χ1v) is 9.22. The quantitative estimate of drug-likeness (QED) is 0.296. The number of hydrogen-bond acceptors (Lipinski definition) is 4. The molecular weight excluding hydrogens is 467 g/mol. The summed E-state index contributed by atoms with van der Waals surface area (Å²) in [5.41, 5.74) is 3.03. The van der Waals surface area contributed by atoms with Crippen LogP contribution in [0.1, 0.15) is 43.7 Å². The number of halogens is 1. The van der Waals surface area contributed by atoms with Crippen LogP contribution >= 0.6 is 24.0 Å². The van der Waals surface area contributed by atoms with Gasteiger partial charge in [0, 0.05) is 24.4 Å². The molecule has 0 amide bonds. The van der Waals surface area contributed by atoms with Gasteiger partial charge in [0.2, 0.25) is 0 Å². The minimum atomic E-state index is 0. The fourth-order valence-electron chi connectivity index (χ4n) is 2.53. The Morgan fingerprint density at radius 3 is 2.68 bits per heavy atom. The molecule has 0 saturated carbocycles. The summed E-state index contributed by atoms with van der Waals surface area (Å²) in [6.45, 7) is 8.08. The van der Waals surface area contributed by atoms with Crippen LogP contribution in [0, 0.1) is 0 Å². The van der Waals surface area contributed by atoms with Gasteiger partial charge in [0.1, 0.15) is 0 Å². The van der Waals surface area contributed by atoms with Crippen LogP contribution in [0.3, 0.4) is 0 Å². The molecule has 0 aliphatic carbocycles. The van der Waals surface area contributed by atoms with E-state index in [1.165, 1.54) is 0 Å². The van der Waals surface area contributed by atoms with Gasteiger partial charge in [0.25, 0.3) is 0 Å². The van der Waals surface area contributed by atoms with Crippen molar-refractivity contribution in [2.24, 2.45) is 4.99 Å². The number of nitrogens with zero attached hydrogens (tertiary/aromatic N) is 4. The Kier molecular flexibility index (Phi) is 8.49. The highest BCUT2D eigenvalue weighted by Gasteiger charge is 2.08. The molecule has 2 heterocycles. The van der Waals surface area contributed by atoms with E-state index in [4.69, 9.17) is 4.52 Å². The molecule has 0 unspecified atom stereocenters. The van der Waals surface area contributed by atoms with Crippen molar-refractivity contribution >= 4 is 29.9 Å². The first-order chi connectivity index (χ1) is 13.2. The number of rotatable bonds is 7. The minimum absolute atomic E-state index is 0. The normalized spacial score (nSPS) is 11.4. The van der Waals surface area contributed by atoms with Crippen LogP contribution in [0.15, 0.2) is 58.3 Å². The average molecular weight is 494 g/mol. The van der Waals surface area contributed by atoms with Crippen molar-refractivity contribution in [3.05, 3.63) is 65.8 Å². The van der Waals surface area contributed by atoms with Gasteiger partial charge in [-0.1, -0.05) is 37.2 Å². The molecular formula is C20H27IN6O. The van der Waals surface area contributed by atoms with Crippen LogP contribution in [-0.4, -0.2) is 27.4 Å². The Labute approximate surface area is 182 Å². The molecule has 0 aliphatic heterocycles. The van der Waals surface area contributed by atoms with E-state index in [0.717, 1.165) is 35.2 Å². The van der Waals surface area contributed by atoms with Gasteiger partial charge < -0.3 is 15.2 Å². The summed E-state index contributed by atoms with van der Waals surface area (Å²) in [5, 5.41) is 15.0. The molecule has 0 radical (unpaired) electrons. The standard InChI is InChI=1S/C20H26N6O.HI/c1-4-21-20(23-13-18-10-19(15(2)3)25-27-18)22-11-16-12-24-26(14-16)17-8-6-5-7-9-17;/h5-10,12,14-15H,4,11,13H2,1-3H3,(H2,21,22,23);1H. The van der Waals surface area contributed by atoms with Crippen molar-refractivity contribution in [3.8, 4) is 5.69 Å². The van der Waals surface area contributed by atoms with Crippen LogP contribution in [0.4, 0.5) is 0 Å². The fourth-order valence-corrected chi connectivity index (χ4v) is 2.53. The second-order valence-corrected chi connectivity index (χ2v) is 6.55. The third kappa shape index (κ3) is 6.08. The number of nitrogens with one attached hydrogen (secondary N) is 2. The molecule has 8 heteroatoms. The maximum Gasteiger partial charge on any atom is 0.191 e. The monoisotopic (exact) mass is 494 g/mol. The number of benzene rings is 1. The SMILES string of the molecule is CCNC(=NCc1cnn(-c2ccccc2)c1)NCc1cc(C(C)C)no1.I. The zero-order valence-electron chi connectivity index (χ0n) is 16.4. The summed E-state index contributed by atoms with van der Waals surface area (Å²) in [6.07, 6.45) is 3.83. The molecule has 0 spiro atoms. The molecule has 0 bridgehead atoms. The molecule has 2 aromatic heterocycles. The van der Waals surface area contributed by atoms with Gasteiger partial charge in [-0.15, -0.1) is 24.0 Å². The first-order valence-electron chi connectivity index (χ1n) is 9.22. The third-order valence-corrected chi connectivity index (χ3v) is 4.02. The third-order valence-electron chi connectivity index (χ3n) is 4.02. The molecule has 0 fully saturated rings. The Bertz CT molecular complexity index is 872. The van der Waals surface area contributed by atoms with Gasteiger partial charge in [-0.25, -0.2) is 9.67 Å². The van der Waals surface area contributed by atoms with Gasteiger partial charge in [0.05, 0.1) is 30.7 Å². The minimum Gasteiger partial charge on any atom is -0.359 e. The summed E-state index contributed by atoms with van der Waals surface area (Å²) >= 11 is 0. The average Bonchev–Trinajstić information content (AvgIpc) is 3.34. The lowest BCUT2D eigenvalue weighted by Crippen LogP contribution is -2.36. The van der Waals surface area contributed by atoms with Crippen LogP contribution in [-0.2, 0) is 13.1 Å². The molecule has 3 aromatic rings. The highest BCUT2D eigenvalue weighted by molar-refractivity contribution is 14.0. The van der Waals surface area contributed by atoms with E-state index in [9.17, 15) is 0 Å². The Hall–Kier alpha value is -2.36. The predicted octanol–water partition coefficient (Wildman–Crippen LogP) is 3.86. The summed E-state index contributed by atoms with van der Waals surface area (Å²) in [6, 6.07) is 12.0. The molecule has 0 atom stereocenters. The van der Waals surface area contributed by atoms with Crippen LogP contribution in [0.5, 0.6) is 0 Å². The summed E-state index contributed by atoms with van der Waals surface area (Å²) in [5.74, 6) is 1.87. The Balaban J connectivity index is 0.00000280. The molecule has 3 rings (SSSR count). The van der Waals surface area contributed by atoms with Gasteiger partial charge in [0.15, 0.2) is 11.7 Å². The largest absolute Gasteiger partial charge is 0.359 e. The number of aromatic nitrogens is 3. The van der Waals surface area contributed by atoms with E-state index in [1.54, 1.807) is 0 Å². The van der Waals surface area contributed by atoms with Crippen LogP contribution < -0.4 is 10.6 Å². The first kappa shape index (κ1) is 21.9. The lowest BCUT2D eigenvalue weighted by atomic mass is 10.1. The van der Waals surface area contributed by atoms with E-state index in [2.05, 4.69) is 39.7 Å². The van der Waals surface area contributed by atoms with Crippen LogP contribution in [0.25, 0.3) is 5.69 Å². The molecule has 0 aliphatic rings. The maximum absolute atomic E-state index is 5.36. The van der Waals surface area contributed by atoms with Crippen molar-refractivity contribution in [3.63, 3.8) is 0 Å². The predicted molar refractivity (Wildman–Crippen MR) is 121 cm³/mol. The molecule has 28 heavy (non-hydrogen) atoms. The Morgan fingerprint density at radius 2 is 2.00 bits per heavy atom. The molecule has 150 valence electrons. The number of hydrogen-bond donors (Lipinski definition) is 2. The number of guanidine groups is 1. The summed E-state index contributed by atoms with van der Waals surface area (Å²) in [4.78, 5) is 4.63. The van der Waals surface area contributed by atoms with Gasteiger partial charge in [-0.05, 0) is 25.0 Å². The van der Waals surface area contributed by atoms with Crippen molar-refractivity contribution in [2.45, 2.75) is 39.8 Å². The molecule has 7 nitrogen and oxygen atoms in total.